The smallest absolute Gasteiger partial charge is 0.238 e. The van der Waals surface area contributed by atoms with Gasteiger partial charge in [0.2, 0.25) is 11.8 Å². The third kappa shape index (κ3) is 3.33. The number of piperazine rings is 1. The molecule has 6 nitrogen and oxygen atoms in total. The van der Waals surface area contributed by atoms with Gasteiger partial charge in [-0.3, -0.25) is 4.79 Å². The van der Waals surface area contributed by atoms with Crippen molar-refractivity contribution in [1.29, 1.82) is 0 Å². The number of aromatic nitrogens is 2. The Bertz CT molecular complexity index is 622. The number of benzene rings is 1. The second kappa shape index (κ2) is 6.43. The van der Waals surface area contributed by atoms with Gasteiger partial charge in [-0.05, 0) is 18.2 Å². The van der Waals surface area contributed by atoms with Crippen LogP contribution in [0.5, 0.6) is 11.6 Å². The lowest BCUT2D eigenvalue weighted by Gasteiger charge is -2.34. The highest BCUT2D eigenvalue weighted by molar-refractivity contribution is 5.73. The summed E-state index contributed by atoms with van der Waals surface area (Å²) in [6.07, 6.45) is 0. The van der Waals surface area contributed by atoms with E-state index >= 15 is 0 Å². The number of hydrogen-bond acceptors (Lipinski definition) is 5. The molecule has 1 fully saturated rings. The van der Waals surface area contributed by atoms with Gasteiger partial charge in [-0.15, -0.1) is 10.2 Å². The van der Waals surface area contributed by atoms with Gasteiger partial charge in [0.25, 0.3) is 0 Å². The number of carbonyl (C=O) groups excluding carboxylic acids is 1. The van der Waals surface area contributed by atoms with Crippen LogP contribution in [0.1, 0.15) is 6.92 Å². The summed E-state index contributed by atoms with van der Waals surface area (Å²) in [5.41, 5.74) is 0. The van der Waals surface area contributed by atoms with Crippen LogP contribution in [0.4, 0.5) is 5.82 Å². The summed E-state index contributed by atoms with van der Waals surface area (Å²) in [4.78, 5) is 15.3. The van der Waals surface area contributed by atoms with E-state index in [4.69, 9.17) is 4.74 Å². The molecule has 0 saturated carbocycles. The highest BCUT2D eigenvalue weighted by Gasteiger charge is 2.19. The van der Waals surface area contributed by atoms with Crippen LogP contribution in [0.3, 0.4) is 0 Å². The molecule has 0 radical (unpaired) electrons. The Kier molecular flexibility index (Phi) is 4.18. The summed E-state index contributed by atoms with van der Waals surface area (Å²) in [6, 6.07) is 13.2. The van der Waals surface area contributed by atoms with Crippen molar-refractivity contribution in [2.24, 2.45) is 0 Å². The second-order valence-electron chi connectivity index (χ2n) is 5.14. The highest BCUT2D eigenvalue weighted by atomic mass is 16.5. The van der Waals surface area contributed by atoms with Gasteiger partial charge in [0, 0.05) is 39.2 Å². The van der Waals surface area contributed by atoms with Crippen LogP contribution in [0, 0.1) is 0 Å². The zero-order valence-corrected chi connectivity index (χ0v) is 12.5. The molecular weight excluding hydrogens is 280 g/mol. The first-order chi connectivity index (χ1) is 10.7. The van der Waals surface area contributed by atoms with Crippen molar-refractivity contribution in [3.8, 4) is 11.6 Å². The molecule has 0 atom stereocenters. The van der Waals surface area contributed by atoms with Gasteiger partial charge in [0.1, 0.15) is 5.75 Å². The van der Waals surface area contributed by atoms with Crippen LogP contribution >= 0.6 is 0 Å². The molecule has 2 aromatic rings. The lowest BCUT2D eigenvalue weighted by molar-refractivity contribution is -0.129. The van der Waals surface area contributed by atoms with Crippen molar-refractivity contribution in [3.05, 3.63) is 42.5 Å². The SMILES string of the molecule is CC(=O)N1CCN(c2ccc(Oc3ccccc3)nn2)CC1. The maximum absolute atomic E-state index is 11.3. The molecule has 0 bridgehead atoms. The summed E-state index contributed by atoms with van der Waals surface area (Å²) >= 11 is 0. The summed E-state index contributed by atoms with van der Waals surface area (Å²) in [5.74, 6) is 2.14. The molecule has 1 aromatic carbocycles. The van der Waals surface area contributed by atoms with E-state index in [1.807, 2.05) is 47.4 Å². The van der Waals surface area contributed by atoms with Crippen LogP contribution in [-0.4, -0.2) is 47.2 Å². The Morgan fingerprint density at radius 2 is 1.73 bits per heavy atom. The van der Waals surface area contributed by atoms with E-state index < -0.39 is 0 Å². The fraction of sp³-hybridized carbons (Fsp3) is 0.312. The summed E-state index contributed by atoms with van der Waals surface area (Å²) in [5, 5.41) is 8.32. The van der Waals surface area contributed by atoms with Crippen molar-refractivity contribution >= 4 is 11.7 Å². The molecule has 1 aliphatic heterocycles. The molecule has 0 aliphatic carbocycles. The molecule has 22 heavy (non-hydrogen) atoms. The number of anilines is 1. The van der Waals surface area contributed by atoms with Crippen molar-refractivity contribution in [2.45, 2.75) is 6.92 Å². The lowest BCUT2D eigenvalue weighted by atomic mass is 10.3. The van der Waals surface area contributed by atoms with E-state index in [2.05, 4.69) is 15.1 Å². The molecule has 0 unspecified atom stereocenters. The van der Waals surface area contributed by atoms with Gasteiger partial charge in [0.15, 0.2) is 5.82 Å². The number of hydrogen-bond donors (Lipinski definition) is 0. The zero-order valence-electron chi connectivity index (χ0n) is 12.5. The Hall–Kier alpha value is -2.63. The maximum atomic E-state index is 11.3. The highest BCUT2D eigenvalue weighted by Crippen LogP contribution is 2.20. The van der Waals surface area contributed by atoms with E-state index in [1.54, 1.807) is 6.92 Å². The second-order valence-corrected chi connectivity index (χ2v) is 5.14. The Labute approximate surface area is 129 Å². The van der Waals surface area contributed by atoms with E-state index in [1.165, 1.54) is 0 Å². The van der Waals surface area contributed by atoms with Gasteiger partial charge in [-0.2, -0.15) is 0 Å². The van der Waals surface area contributed by atoms with Crippen molar-refractivity contribution < 1.29 is 9.53 Å². The zero-order chi connectivity index (χ0) is 15.4. The number of para-hydroxylation sites is 1. The minimum atomic E-state index is 0.123. The maximum Gasteiger partial charge on any atom is 0.238 e. The van der Waals surface area contributed by atoms with Crippen LogP contribution in [0.15, 0.2) is 42.5 Å². The van der Waals surface area contributed by atoms with E-state index in [0.717, 1.165) is 37.7 Å². The minimum absolute atomic E-state index is 0.123. The van der Waals surface area contributed by atoms with Crippen molar-refractivity contribution in [3.63, 3.8) is 0 Å². The van der Waals surface area contributed by atoms with Gasteiger partial charge in [-0.1, -0.05) is 18.2 Å². The summed E-state index contributed by atoms with van der Waals surface area (Å²) < 4.78 is 5.62. The van der Waals surface area contributed by atoms with Crippen LogP contribution < -0.4 is 9.64 Å². The number of amides is 1. The molecule has 1 aromatic heterocycles. The fourth-order valence-corrected chi connectivity index (χ4v) is 2.40. The predicted molar refractivity (Wildman–Crippen MR) is 83.0 cm³/mol. The molecule has 6 heteroatoms. The van der Waals surface area contributed by atoms with Crippen LogP contribution in [0.25, 0.3) is 0 Å². The molecule has 114 valence electrons. The molecule has 1 aliphatic rings. The molecule has 1 amide bonds. The average Bonchev–Trinajstić information content (AvgIpc) is 2.57. The lowest BCUT2D eigenvalue weighted by Crippen LogP contribution is -2.48. The molecule has 2 heterocycles. The molecule has 1 saturated heterocycles. The van der Waals surface area contributed by atoms with Gasteiger partial charge in [0.05, 0.1) is 0 Å². The van der Waals surface area contributed by atoms with Crippen molar-refractivity contribution in [2.75, 3.05) is 31.1 Å². The first-order valence-corrected chi connectivity index (χ1v) is 7.29. The number of rotatable bonds is 3. The standard InChI is InChI=1S/C16H18N4O2/c1-13(21)19-9-11-20(12-10-19)15-7-8-16(18-17-15)22-14-5-3-2-4-6-14/h2-8H,9-12H2,1H3. The Balaban J connectivity index is 1.61. The number of carbonyl (C=O) groups is 1. The quantitative estimate of drug-likeness (QED) is 0.866. The van der Waals surface area contributed by atoms with E-state index in [-0.39, 0.29) is 5.91 Å². The molecular formula is C16H18N4O2. The van der Waals surface area contributed by atoms with E-state index in [0.29, 0.717) is 5.88 Å². The summed E-state index contributed by atoms with van der Waals surface area (Å²) in [7, 11) is 0. The third-order valence-corrected chi connectivity index (χ3v) is 3.64. The third-order valence-electron chi connectivity index (χ3n) is 3.64. The topological polar surface area (TPSA) is 58.6 Å². The van der Waals surface area contributed by atoms with Crippen LogP contribution in [-0.2, 0) is 4.79 Å². The van der Waals surface area contributed by atoms with Gasteiger partial charge >= 0.3 is 0 Å². The number of ether oxygens (including phenoxy) is 1. The van der Waals surface area contributed by atoms with Gasteiger partial charge in [-0.25, -0.2) is 0 Å². The monoisotopic (exact) mass is 298 g/mol. The predicted octanol–water partition coefficient (Wildman–Crippen LogP) is 1.94. The first kappa shape index (κ1) is 14.3. The Morgan fingerprint density at radius 1 is 1.00 bits per heavy atom. The fourth-order valence-electron chi connectivity index (χ4n) is 2.40. The summed E-state index contributed by atoms with van der Waals surface area (Å²) in [6.45, 7) is 4.59. The van der Waals surface area contributed by atoms with Crippen molar-refractivity contribution in [1.82, 2.24) is 15.1 Å². The molecule has 0 N–H and O–H groups in total. The normalized spacial score (nSPS) is 14.8. The molecule has 0 spiro atoms. The first-order valence-electron chi connectivity index (χ1n) is 7.29. The largest absolute Gasteiger partial charge is 0.438 e. The Morgan fingerprint density at radius 3 is 2.32 bits per heavy atom. The average molecular weight is 298 g/mol. The van der Waals surface area contributed by atoms with Crippen LogP contribution in [0.2, 0.25) is 0 Å². The molecule has 3 rings (SSSR count). The number of nitrogens with zero attached hydrogens (tertiary/aromatic N) is 4. The van der Waals surface area contributed by atoms with E-state index in [9.17, 15) is 4.79 Å². The minimum Gasteiger partial charge on any atom is -0.438 e. The van der Waals surface area contributed by atoms with Gasteiger partial charge < -0.3 is 14.5 Å².